The fraction of sp³-hybridized carbons (Fsp3) is 0.667. The van der Waals surface area contributed by atoms with Gasteiger partial charge >= 0.3 is 0 Å². The minimum Gasteiger partial charge on any atom is -0.479 e. The minimum atomic E-state index is 0.682. The summed E-state index contributed by atoms with van der Waals surface area (Å²) in [7, 11) is 5.76. The van der Waals surface area contributed by atoms with Gasteiger partial charge in [-0.05, 0) is 24.8 Å². The lowest BCUT2D eigenvalue weighted by molar-refractivity contribution is 0.371. The van der Waals surface area contributed by atoms with Crippen molar-refractivity contribution in [2.45, 2.75) is 32.1 Å². The third-order valence-electron chi connectivity index (χ3n) is 3.86. The second-order valence-electron chi connectivity index (χ2n) is 5.49. The summed E-state index contributed by atoms with van der Waals surface area (Å²) in [5, 5.41) is 3.55. The van der Waals surface area contributed by atoms with Gasteiger partial charge in [-0.15, -0.1) is 0 Å². The second kappa shape index (κ2) is 6.64. The Labute approximate surface area is 116 Å². The Kier molecular flexibility index (Phi) is 4.88. The summed E-state index contributed by atoms with van der Waals surface area (Å²) >= 11 is 0. The van der Waals surface area contributed by atoms with E-state index in [-0.39, 0.29) is 0 Å². The molecule has 4 heteroatoms. The van der Waals surface area contributed by atoms with Crippen molar-refractivity contribution < 1.29 is 4.74 Å². The van der Waals surface area contributed by atoms with Crippen LogP contribution in [0.1, 0.15) is 32.1 Å². The fourth-order valence-corrected chi connectivity index (χ4v) is 2.76. The molecule has 1 aliphatic carbocycles. The van der Waals surface area contributed by atoms with E-state index in [1.165, 1.54) is 32.1 Å². The molecule has 4 nitrogen and oxygen atoms in total. The summed E-state index contributed by atoms with van der Waals surface area (Å²) in [6, 6.07) is 2.02. The lowest BCUT2D eigenvalue weighted by atomic mass is 9.89. The van der Waals surface area contributed by atoms with E-state index < -0.39 is 0 Å². The number of anilines is 2. The molecule has 1 saturated carbocycles. The van der Waals surface area contributed by atoms with E-state index in [0.29, 0.717) is 5.88 Å². The molecule has 0 unspecified atom stereocenters. The quantitative estimate of drug-likeness (QED) is 0.885. The Morgan fingerprint density at radius 3 is 2.68 bits per heavy atom. The number of nitrogens with zero attached hydrogens (tertiary/aromatic N) is 2. The molecule has 0 spiro atoms. The molecule has 2 rings (SSSR count). The first-order valence-electron chi connectivity index (χ1n) is 7.16. The molecule has 1 heterocycles. The van der Waals surface area contributed by atoms with Crippen LogP contribution < -0.4 is 15.0 Å². The molecule has 1 fully saturated rings. The first kappa shape index (κ1) is 14.0. The van der Waals surface area contributed by atoms with E-state index in [0.717, 1.165) is 23.8 Å². The average molecular weight is 263 g/mol. The van der Waals surface area contributed by atoms with Gasteiger partial charge in [0.15, 0.2) is 0 Å². The molecule has 0 amide bonds. The van der Waals surface area contributed by atoms with E-state index in [1.807, 2.05) is 20.2 Å². The van der Waals surface area contributed by atoms with Crippen LogP contribution in [0.25, 0.3) is 0 Å². The third kappa shape index (κ3) is 3.52. The lowest BCUT2D eigenvalue weighted by Gasteiger charge is -2.25. The molecule has 1 aromatic rings. The van der Waals surface area contributed by atoms with Crippen molar-refractivity contribution in [1.29, 1.82) is 0 Å². The molecule has 0 aliphatic heterocycles. The molecule has 19 heavy (non-hydrogen) atoms. The van der Waals surface area contributed by atoms with E-state index in [1.54, 1.807) is 13.3 Å². The molecule has 0 radical (unpaired) electrons. The number of pyridine rings is 1. The summed E-state index contributed by atoms with van der Waals surface area (Å²) < 4.78 is 5.38. The largest absolute Gasteiger partial charge is 0.479 e. The van der Waals surface area contributed by atoms with Gasteiger partial charge in [0, 0.05) is 26.8 Å². The van der Waals surface area contributed by atoms with Crippen LogP contribution in [-0.2, 0) is 0 Å². The van der Waals surface area contributed by atoms with Crippen LogP contribution in [0, 0.1) is 5.92 Å². The predicted octanol–water partition coefficient (Wildman–Crippen LogP) is 3.15. The normalized spacial score (nSPS) is 16.2. The first-order valence-corrected chi connectivity index (χ1v) is 7.16. The molecular formula is C15H25N3O. The van der Waals surface area contributed by atoms with Crippen LogP contribution in [0.15, 0.2) is 12.3 Å². The Balaban J connectivity index is 2.08. The van der Waals surface area contributed by atoms with E-state index in [2.05, 4.69) is 15.2 Å². The van der Waals surface area contributed by atoms with Gasteiger partial charge < -0.3 is 15.0 Å². The molecule has 1 N–H and O–H groups in total. The SMILES string of the molecule is COc1nccc(N(C)C)c1NCC1CCCCC1. The maximum atomic E-state index is 5.38. The van der Waals surface area contributed by atoms with Crippen LogP contribution in [0.3, 0.4) is 0 Å². The summed E-state index contributed by atoms with van der Waals surface area (Å²) in [5.74, 6) is 1.47. The third-order valence-corrected chi connectivity index (χ3v) is 3.86. The fourth-order valence-electron chi connectivity index (χ4n) is 2.76. The van der Waals surface area contributed by atoms with Crippen molar-refractivity contribution in [2.24, 2.45) is 5.92 Å². The maximum Gasteiger partial charge on any atom is 0.239 e. The van der Waals surface area contributed by atoms with Gasteiger partial charge in [-0.3, -0.25) is 0 Å². The van der Waals surface area contributed by atoms with Crippen molar-refractivity contribution in [1.82, 2.24) is 4.98 Å². The van der Waals surface area contributed by atoms with Gasteiger partial charge in [-0.1, -0.05) is 19.3 Å². The monoisotopic (exact) mass is 263 g/mol. The second-order valence-corrected chi connectivity index (χ2v) is 5.49. The Hall–Kier alpha value is -1.45. The number of nitrogens with one attached hydrogen (secondary N) is 1. The molecule has 1 aliphatic rings. The molecule has 0 aromatic carbocycles. The smallest absolute Gasteiger partial charge is 0.239 e. The number of rotatable bonds is 5. The zero-order valence-corrected chi connectivity index (χ0v) is 12.3. The average Bonchev–Trinajstić information content (AvgIpc) is 2.45. The molecule has 0 atom stereocenters. The van der Waals surface area contributed by atoms with Crippen molar-refractivity contribution in [3.63, 3.8) is 0 Å². The maximum absolute atomic E-state index is 5.38. The van der Waals surface area contributed by atoms with Crippen LogP contribution in [0.4, 0.5) is 11.4 Å². The topological polar surface area (TPSA) is 37.4 Å². The van der Waals surface area contributed by atoms with Gasteiger partial charge in [0.1, 0.15) is 5.69 Å². The number of aromatic nitrogens is 1. The molecule has 106 valence electrons. The van der Waals surface area contributed by atoms with Gasteiger partial charge in [-0.2, -0.15) is 0 Å². The van der Waals surface area contributed by atoms with E-state index in [4.69, 9.17) is 4.74 Å². The molecule has 0 saturated heterocycles. The van der Waals surface area contributed by atoms with Crippen molar-refractivity contribution >= 4 is 11.4 Å². The number of hydrogen-bond acceptors (Lipinski definition) is 4. The summed E-state index contributed by atoms with van der Waals surface area (Å²) in [6.07, 6.45) is 8.61. The van der Waals surface area contributed by atoms with Gasteiger partial charge in [-0.25, -0.2) is 4.98 Å². The van der Waals surface area contributed by atoms with E-state index in [9.17, 15) is 0 Å². The highest BCUT2D eigenvalue weighted by molar-refractivity contribution is 5.74. The zero-order chi connectivity index (χ0) is 13.7. The lowest BCUT2D eigenvalue weighted by Crippen LogP contribution is -2.20. The van der Waals surface area contributed by atoms with Gasteiger partial charge in [0.25, 0.3) is 0 Å². The number of ether oxygens (including phenoxy) is 1. The van der Waals surface area contributed by atoms with Gasteiger partial charge in [0.05, 0.1) is 12.8 Å². The molecular weight excluding hydrogens is 238 g/mol. The van der Waals surface area contributed by atoms with Crippen LogP contribution in [-0.4, -0.2) is 32.7 Å². The van der Waals surface area contributed by atoms with Crippen LogP contribution in [0.5, 0.6) is 5.88 Å². The van der Waals surface area contributed by atoms with Crippen molar-refractivity contribution in [3.8, 4) is 5.88 Å². The number of methoxy groups -OCH3 is 1. The van der Waals surface area contributed by atoms with Crippen molar-refractivity contribution in [3.05, 3.63) is 12.3 Å². The molecule has 0 bridgehead atoms. The Morgan fingerprint density at radius 2 is 2.05 bits per heavy atom. The highest BCUT2D eigenvalue weighted by Gasteiger charge is 2.16. The van der Waals surface area contributed by atoms with Crippen LogP contribution in [0.2, 0.25) is 0 Å². The summed E-state index contributed by atoms with van der Waals surface area (Å²) in [5.41, 5.74) is 2.14. The molecule has 1 aromatic heterocycles. The number of hydrogen-bond donors (Lipinski definition) is 1. The predicted molar refractivity (Wildman–Crippen MR) is 80.2 cm³/mol. The minimum absolute atomic E-state index is 0.682. The highest BCUT2D eigenvalue weighted by atomic mass is 16.5. The first-order chi connectivity index (χ1) is 9.22. The Morgan fingerprint density at radius 1 is 1.32 bits per heavy atom. The Bertz CT molecular complexity index is 400. The van der Waals surface area contributed by atoms with Crippen molar-refractivity contribution in [2.75, 3.05) is 38.0 Å². The standard InChI is InChI=1S/C15H25N3O/c1-18(2)13-9-10-16-15(19-3)14(13)17-11-12-7-5-4-6-8-12/h9-10,12,17H,4-8,11H2,1-3H3. The van der Waals surface area contributed by atoms with Crippen LogP contribution >= 0.6 is 0 Å². The van der Waals surface area contributed by atoms with Gasteiger partial charge in [0.2, 0.25) is 5.88 Å². The zero-order valence-electron chi connectivity index (χ0n) is 12.3. The van der Waals surface area contributed by atoms with E-state index >= 15 is 0 Å². The summed E-state index contributed by atoms with van der Waals surface area (Å²) in [4.78, 5) is 6.38. The highest BCUT2D eigenvalue weighted by Crippen LogP contribution is 2.33. The summed E-state index contributed by atoms with van der Waals surface area (Å²) in [6.45, 7) is 1.02.